The Kier molecular flexibility index (Phi) is 2.03. The van der Waals surface area contributed by atoms with Crippen molar-refractivity contribution in [3.8, 4) is 0 Å². The Balaban J connectivity index is 1.74. The third-order valence-electron chi connectivity index (χ3n) is 4.33. The Morgan fingerprint density at radius 1 is 1.29 bits per heavy atom. The Labute approximate surface area is 102 Å². The molecule has 3 aliphatic heterocycles. The molecule has 3 aliphatic rings. The van der Waals surface area contributed by atoms with E-state index in [-0.39, 0.29) is 0 Å². The van der Waals surface area contributed by atoms with Crippen LogP contribution in [0.5, 0.6) is 0 Å². The van der Waals surface area contributed by atoms with Gasteiger partial charge in [-0.25, -0.2) is 0 Å². The van der Waals surface area contributed by atoms with Crippen LogP contribution in [0.15, 0.2) is 29.4 Å². The highest BCUT2D eigenvalue weighted by atomic mass is 15.5. The minimum atomic E-state index is 0.530. The second-order valence-electron chi connectivity index (χ2n) is 5.30. The molecule has 0 saturated carbocycles. The van der Waals surface area contributed by atoms with Gasteiger partial charge in [0.05, 0.1) is 11.7 Å². The van der Waals surface area contributed by atoms with E-state index in [1.54, 1.807) is 0 Å². The summed E-state index contributed by atoms with van der Waals surface area (Å²) in [6, 6.07) is 9.79. The molecular weight excluding hydrogens is 210 g/mol. The fourth-order valence-electron chi connectivity index (χ4n) is 3.51. The van der Waals surface area contributed by atoms with Crippen LogP contribution in [0.1, 0.15) is 18.4 Å². The van der Waals surface area contributed by atoms with Gasteiger partial charge in [-0.2, -0.15) is 5.10 Å². The third kappa shape index (κ3) is 1.35. The highest BCUT2D eigenvalue weighted by Crippen LogP contribution is 2.38. The predicted octanol–water partition coefficient (Wildman–Crippen LogP) is 1.79. The molecule has 3 nitrogen and oxygen atoms in total. The van der Waals surface area contributed by atoms with Gasteiger partial charge in [0.15, 0.2) is 0 Å². The fraction of sp³-hybridized carbons (Fsp3) is 0.500. The van der Waals surface area contributed by atoms with Gasteiger partial charge in [-0.1, -0.05) is 18.2 Å². The first-order valence-electron chi connectivity index (χ1n) is 6.58. The molecule has 1 saturated heterocycles. The van der Waals surface area contributed by atoms with Crippen molar-refractivity contribution >= 4 is 11.9 Å². The van der Waals surface area contributed by atoms with Crippen molar-refractivity contribution in [3.05, 3.63) is 29.8 Å². The fourth-order valence-corrected chi connectivity index (χ4v) is 3.51. The second-order valence-corrected chi connectivity index (χ2v) is 5.30. The van der Waals surface area contributed by atoms with E-state index in [9.17, 15) is 0 Å². The summed E-state index contributed by atoms with van der Waals surface area (Å²) in [5.74, 6) is 0.638. The lowest BCUT2D eigenvalue weighted by molar-refractivity contribution is 0.290. The molecule has 4 rings (SSSR count). The zero-order chi connectivity index (χ0) is 11.2. The van der Waals surface area contributed by atoms with Gasteiger partial charge >= 0.3 is 0 Å². The van der Waals surface area contributed by atoms with E-state index in [0.29, 0.717) is 18.0 Å². The number of para-hydroxylation sites is 1. The quantitative estimate of drug-likeness (QED) is 0.731. The molecule has 3 atom stereocenters. The smallest absolute Gasteiger partial charge is 0.0726 e. The van der Waals surface area contributed by atoms with Crippen molar-refractivity contribution in [3.63, 3.8) is 0 Å². The molecule has 1 aromatic carbocycles. The molecule has 0 radical (unpaired) electrons. The Bertz CT molecular complexity index is 468. The molecule has 1 N–H and O–H groups in total. The average Bonchev–Trinajstić information content (AvgIpc) is 2.78. The van der Waals surface area contributed by atoms with Gasteiger partial charge in [0.25, 0.3) is 0 Å². The van der Waals surface area contributed by atoms with Crippen molar-refractivity contribution < 1.29 is 0 Å². The van der Waals surface area contributed by atoms with Crippen LogP contribution < -0.4 is 10.3 Å². The number of hydrogen-bond donors (Lipinski definition) is 1. The summed E-state index contributed by atoms with van der Waals surface area (Å²) in [5.41, 5.74) is 2.75. The van der Waals surface area contributed by atoms with Crippen molar-refractivity contribution in [1.29, 1.82) is 0 Å². The summed E-state index contributed by atoms with van der Waals surface area (Å²) in [4.78, 5) is 0. The van der Waals surface area contributed by atoms with E-state index in [1.165, 1.54) is 24.1 Å². The molecule has 0 aromatic heterocycles. The van der Waals surface area contributed by atoms with Gasteiger partial charge in [0, 0.05) is 18.2 Å². The van der Waals surface area contributed by atoms with E-state index < -0.39 is 0 Å². The molecule has 0 spiro atoms. The van der Waals surface area contributed by atoms with Crippen LogP contribution in [-0.2, 0) is 6.42 Å². The molecule has 1 aromatic rings. The summed E-state index contributed by atoms with van der Waals surface area (Å²) in [5, 5.41) is 10.6. The number of hydrazone groups is 1. The van der Waals surface area contributed by atoms with E-state index in [4.69, 9.17) is 0 Å². The van der Waals surface area contributed by atoms with E-state index in [2.05, 4.69) is 45.9 Å². The lowest BCUT2D eigenvalue weighted by Gasteiger charge is -2.41. The van der Waals surface area contributed by atoms with Gasteiger partial charge in [0.1, 0.15) is 0 Å². The zero-order valence-electron chi connectivity index (χ0n) is 9.84. The van der Waals surface area contributed by atoms with Crippen LogP contribution in [0.4, 0.5) is 5.69 Å². The topological polar surface area (TPSA) is 27.6 Å². The number of anilines is 1. The maximum Gasteiger partial charge on any atom is 0.0726 e. The van der Waals surface area contributed by atoms with Crippen LogP contribution in [0, 0.1) is 5.92 Å². The summed E-state index contributed by atoms with van der Waals surface area (Å²) in [6.45, 7) is 1.16. The predicted molar refractivity (Wildman–Crippen MR) is 69.4 cm³/mol. The van der Waals surface area contributed by atoms with Crippen LogP contribution in [0.3, 0.4) is 0 Å². The molecule has 3 heterocycles. The normalized spacial score (nSPS) is 34.1. The molecule has 3 heteroatoms. The van der Waals surface area contributed by atoms with Gasteiger partial charge in [-0.15, -0.1) is 0 Å². The highest BCUT2D eigenvalue weighted by Gasteiger charge is 2.41. The summed E-state index contributed by atoms with van der Waals surface area (Å²) in [6.07, 6.45) is 5.88. The van der Waals surface area contributed by atoms with Gasteiger partial charge in [0.2, 0.25) is 0 Å². The van der Waals surface area contributed by atoms with Crippen LogP contribution in [0.2, 0.25) is 0 Å². The standard InChI is InChI=1S/C14H17N3/c1-2-6-12-10(4-1)8-13-14-11(5-3-7-15-14)9-16-17(12)13/h1-2,4,6,9,11,13-15H,3,5,7-8H2. The van der Waals surface area contributed by atoms with Crippen molar-refractivity contribution in [1.82, 2.24) is 5.32 Å². The average molecular weight is 227 g/mol. The van der Waals surface area contributed by atoms with Gasteiger partial charge in [-0.05, 0) is 37.4 Å². The van der Waals surface area contributed by atoms with Crippen LogP contribution >= 0.6 is 0 Å². The minimum Gasteiger partial charge on any atom is -0.311 e. The Hall–Kier alpha value is -1.35. The van der Waals surface area contributed by atoms with E-state index in [1.807, 2.05) is 0 Å². The second kappa shape index (κ2) is 3.57. The first-order valence-corrected chi connectivity index (χ1v) is 6.58. The van der Waals surface area contributed by atoms with Gasteiger partial charge < -0.3 is 5.32 Å². The molecule has 1 fully saturated rings. The molecule has 0 aliphatic carbocycles. The summed E-state index contributed by atoms with van der Waals surface area (Å²) >= 11 is 0. The lowest BCUT2D eigenvalue weighted by Crippen LogP contribution is -2.56. The maximum absolute atomic E-state index is 4.69. The SMILES string of the molecule is C1=NN2c3ccccc3CC2C2NCCCC12. The molecule has 3 unspecified atom stereocenters. The maximum atomic E-state index is 4.69. The van der Waals surface area contributed by atoms with E-state index >= 15 is 0 Å². The van der Waals surface area contributed by atoms with Crippen LogP contribution in [-0.4, -0.2) is 24.8 Å². The number of fused-ring (bicyclic) bond motifs is 5. The van der Waals surface area contributed by atoms with Crippen molar-refractivity contribution in [2.24, 2.45) is 11.0 Å². The summed E-state index contributed by atoms with van der Waals surface area (Å²) < 4.78 is 0. The largest absolute Gasteiger partial charge is 0.311 e. The Morgan fingerprint density at radius 2 is 2.24 bits per heavy atom. The third-order valence-corrected chi connectivity index (χ3v) is 4.33. The number of nitrogens with zero attached hydrogens (tertiary/aromatic N) is 2. The first-order chi connectivity index (χ1) is 8.43. The van der Waals surface area contributed by atoms with Crippen molar-refractivity contribution in [2.45, 2.75) is 31.3 Å². The molecule has 17 heavy (non-hydrogen) atoms. The minimum absolute atomic E-state index is 0.530. The van der Waals surface area contributed by atoms with Crippen LogP contribution in [0.25, 0.3) is 0 Å². The zero-order valence-corrected chi connectivity index (χ0v) is 9.84. The monoisotopic (exact) mass is 227 g/mol. The summed E-state index contributed by atoms with van der Waals surface area (Å²) in [7, 11) is 0. The highest BCUT2D eigenvalue weighted by molar-refractivity contribution is 5.70. The molecule has 0 amide bonds. The Morgan fingerprint density at radius 3 is 3.24 bits per heavy atom. The molecule has 0 bridgehead atoms. The molecule has 88 valence electrons. The lowest BCUT2D eigenvalue weighted by atomic mass is 9.85. The van der Waals surface area contributed by atoms with Gasteiger partial charge in [-0.3, -0.25) is 5.01 Å². The number of piperidine rings is 1. The number of nitrogens with one attached hydrogen (secondary N) is 1. The van der Waals surface area contributed by atoms with Crippen molar-refractivity contribution in [2.75, 3.05) is 11.6 Å². The first kappa shape index (κ1) is 9.66. The number of hydrogen-bond acceptors (Lipinski definition) is 3. The number of benzene rings is 1. The number of rotatable bonds is 0. The molecular formula is C14H17N3. The van der Waals surface area contributed by atoms with E-state index in [0.717, 1.165) is 13.0 Å².